The molecule has 0 aliphatic heterocycles. The van der Waals surface area contributed by atoms with E-state index < -0.39 is 6.10 Å². The van der Waals surface area contributed by atoms with Crippen LogP contribution in [0.5, 0.6) is 5.75 Å². The van der Waals surface area contributed by atoms with E-state index in [0.29, 0.717) is 21.4 Å². The average Bonchev–Trinajstić information content (AvgIpc) is 2.17. The minimum absolute atomic E-state index is 0.188. The number of aliphatic hydroxyl groups is 1. The number of methoxy groups -OCH3 is 1. The Hall–Kier alpha value is -0.520. The highest BCUT2D eigenvalue weighted by molar-refractivity contribution is 6.35. The third kappa shape index (κ3) is 2.96. The molecule has 84 valence electrons. The van der Waals surface area contributed by atoms with Crippen LogP contribution in [0.15, 0.2) is 12.1 Å². The normalized spacial score (nSPS) is 12.6. The van der Waals surface area contributed by atoms with E-state index in [4.69, 9.17) is 33.8 Å². The van der Waals surface area contributed by atoms with Gasteiger partial charge >= 0.3 is 0 Å². The van der Waals surface area contributed by atoms with Gasteiger partial charge in [-0.25, -0.2) is 0 Å². The maximum Gasteiger partial charge on any atom is 0.143 e. The molecule has 1 aromatic carbocycles. The number of halogens is 2. The van der Waals surface area contributed by atoms with Crippen molar-refractivity contribution in [3.63, 3.8) is 0 Å². The second kappa shape index (κ2) is 5.53. The number of rotatable bonds is 4. The Kier molecular flexibility index (Phi) is 4.63. The zero-order chi connectivity index (χ0) is 11.4. The molecule has 0 saturated carbocycles. The number of nitrogens with two attached hydrogens (primary N) is 1. The Morgan fingerprint density at radius 3 is 2.73 bits per heavy atom. The minimum Gasteiger partial charge on any atom is -0.495 e. The first-order chi connectivity index (χ1) is 7.10. The molecule has 15 heavy (non-hydrogen) atoms. The predicted octanol–water partition coefficient (Wildman–Crippen LogP) is 1.50. The van der Waals surface area contributed by atoms with Crippen LogP contribution >= 0.6 is 23.2 Å². The SMILES string of the molecule is COc1c(Cl)cc(Cl)cc1C(O)CNN. The predicted molar refractivity (Wildman–Crippen MR) is 60.2 cm³/mol. The topological polar surface area (TPSA) is 67.5 Å². The van der Waals surface area contributed by atoms with Crippen LogP contribution in [0.25, 0.3) is 0 Å². The van der Waals surface area contributed by atoms with Crippen molar-refractivity contribution in [2.75, 3.05) is 13.7 Å². The highest BCUT2D eigenvalue weighted by atomic mass is 35.5. The summed E-state index contributed by atoms with van der Waals surface area (Å²) in [5.41, 5.74) is 2.87. The largest absolute Gasteiger partial charge is 0.495 e. The number of ether oxygens (including phenoxy) is 1. The molecule has 4 N–H and O–H groups in total. The van der Waals surface area contributed by atoms with Crippen molar-refractivity contribution >= 4 is 23.2 Å². The molecular weight excluding hydrogens is 239 g/mol. The van der Waals surface area contributed by atoms with Crippen LogP contribution in [-0.2, 0) is 0 Å². The average molecular weight is 251 g/mol. The quantitative estimate of drug-likeness (QED) is 0.560. The molecule has 1 aromatic rings. The van der Waals surface area contributed by atoms with Gasteiger partial charge in [-0.3, -0.25) is 11.3 Å². The van der Waals surface area contributed by atoms with Crippen molar-refractivity contribution in [2.24, 2.45) is 5.84 Å². The van der Waals surface area contributed by atoms with Gasteiger partial charge in [0.2, 0.25) is 0 Å². The molecule has 4 nitrogen and oxygen atoms in total. The van der Waals surface area contributed by atoms with Gasteiger partial charge in [0.05, 0.1) is 18.2 Å². The molecule has 0 amide bonds. The lowest BCUT2D eigenvalue weighted by molar-refractivity contribution is 0.171. The molecule has 1 atom stereocenters. The summed E-state index contributed by atoms with van der Waals surface area (Å²) in [6.07, 6.45) is -0.818. The van der Waals surface area contributed by atoms with E-state index in [2.05, 4.69) is 5.43 Å². The number of nitrogens with one attached hydrogen (secondary N) is 1. The molecule has 0 spiro atoms. The Balaban J connectivity index is 3.13. The first-order valence-corrected chi connectivity index (χ1v) is 5.00. The van der Waals surface area contributed by atoms with Gasteiger partial charge < -0.3 is 9.84 Å². The fraction of sp³-hybridized carbons (Fsp3) is 0.333. The van der Waals surface area contributed by atoms with Gasteiger partial charge in [-0.05, 0) is 12.1 Å². The maximum atomic E-state index is 9.74. The molecule has 0 fully saturated rings. The smallest absolute Gasteiger partial charge is 0.143 e. The number of hydrogen-bond donors (Lipinski definition) is 3. The van der Waals surface area contributed by atoms with E-state index in [9.17, 15) is 5.11 Å². The lowest BCUT2D eigenvalue weighted by Gasteiger charge is -2.15. The van der Waals surface area contributed by atoms with Crippen LogP contribution in [0.1, 0.15) is 11.7 Å². The van der Waals surface area contributed by atoms with E-state index in [1.54, 1.807) is 12.1 Å². The molecule has 0 bridgehead atoms. The van der Waals surface area contributed by atoms with Crippen LogP contribution in [0.3, 0.4) is 0 Å². The summed E-state index contributed by atoms with van der Waals surface area (Å²) in [5.74, 6) is 5.52. The number of hydrogen-bond acceptors (Lipinski definition) is 4. The Labute approximate surface area is 97.9 Å². The monoisotopic (exact) mass is 250 g/mol. The number of benzene rings is 1. The fourth-order valence-electron chi connectivity index (χ4n) is 1.26. The lowest BCUT2D eigenvalue weighted by Crippen LogP contribution is -2.27. The van der Waals surface area contributed by atoms with Gasteiger partial charge in [-0.15, -0.1) is 0 Å². The number of hydrazine groups is 1. The first kappa shape index (κ1) is 12.5. The van der Waals surface area contributed by atoms with Gasteiger partial charge in [0, 0.05) is 17.1 Å². The van der Waals surface area contributed by atoms with E-state index >= 15 is 0 Å². The zero-order valence-electron chi connectivity index (χ0n) is 8.13. The molecule has 0 aliphatic carbocycles. The summed E-state index contributed by atoms with van der Waals surface area (Å²) in [6, 6.07) is 3.14. The third-order valence-corrected chi connectivity index (χ3v) is 2.41. The molecule has 1 unspecified atom stereocenters. The van der Waals surface area contributed by atoms with Gasteiger partial charge in [0.15, 0.2) is 0 Å². The third-order valence-electron chi connectivity index (χ3n) is 1.91. The first-order valence-electron chi connectivity index (χ1n) is 4.24. The molecule has 0 aliphatic rings. The Bertz CT molecular complexity index is 347. The van der Waals surface area contributed by atoms with Crippen molar-refractivity contribution in [1.82, 2.24) is 5.43 Å². The zero-order valence-corrected chi connectivity index (χ0v) is 9.64. The van der Waals surface area contributed by atoms with Gasteiger partial charge in [0.25, 0.3) is 0 Å². The summed E-state index contributed by atoms with van der Waals surface area (Å²) in [5, 5.41) is 10.5. The molecule has 1 rings (SSSR count). The van der Waals surface area contributed by atoms with Crippen LogP contribution in [-0.4, -0.2) is 18.8 Å². The fourth-order valence-corrected chi connectivity index (χ4v) is 1.85. The van der Waals surface area contributed by atoms with Crippen molar-refractivity contribution in [1.29, 1.82) is 0 Å². The van der Waals surface area contributed by atoms with Gasteiger partial charge in [0.1, 0.15) is 5.75 Å². The second-order valence-electron chi connectivity index (χ2n) is 2.93. The minimum atomic E-state index is -0.818. The maximum absolute atomic E-state index is 9.74. The van der Waals surface area contributed by atoms with E-state index in [1.807, 2.05) is 0 Å². The van der Waals surface area contributed by atoms with Gasteiger partial charge in [-0.1, -0.05) is 23.2 Å². The molecule has 6 heteroatoms. The summed E-state index contributed by atoms with van der Waals surface area (Å²) < 4.78 is 5.08. The van der Waals surface area contributed by atoms with Crippen LogP contribution < -0.4 is 16.0 Å². The van der Waals surface area contributed by atoms with E-state index in [0.717, 1.165) is 0 Å². The molecular formula is C9H12Cl2N2O2. The summed E-state index contributed by atoms with van der Waals surface area (Å²) in [6.45, 7) is 0.188. The van der Waals surface area contributed by atoms with Crippen LogP contribution in [0.4, 0.5) is 0 Å². The summed E-state index contributed by atoms with van der Waals surface area (Å²) in [4.78, 5) is 0. The van der Waals surface area contributed by atoms with Crippen LogP contribution in [0.2, 0.25) is 10.0 Å². The summed E-state index contributed by atoms with van der Waals surface area (Å²) in [7, 11) is 1.47. The molecule has 0 saturated heterocycles. The van der Waals surface area contributed by atoms with E-state index in [-0.39, 0.29) is 6.54 Å². The summed E-state index contributed by atoms with van der Waals surface area (Å²) >= 11 is 11.7. The highest BCUT2D eigenvalue weighted by Crippen LogP contribution is 2.35. The van der Waals surface area contributed by atoms with Gasteiger partial charge in [-0.2, -0.15) is 0 Å². The second-order valence-corrected chi connectivity index (χ2v) is 3.78. The molecule has 0 aromatic heterocycles. The van der Waals surface area contributed by atoms with Crippen molar-refractivity contribution in [3.8, 4) is 5.75 Å². The van der Waals surface area contributed by atoms with Crippen molar-refractivity contribution in [2.45, 2.75) is 6.10 Å². The highest BCUT2D eigenvalue weighted by Gasteiger charge is 2.16. The van der Waals surface area contributed by atoms with Crippen LogP contribution in [0, 0.1) is 0 Å². The van der Waals surface area contributed by atoms with Crippen molar-refractivity contribution < 1.29 is 9.84 Å². The Morgan fingerprint density at radius 1 is 1.53 bits per heavy atom. The Morgan fingerprint density at radius 2 is 2.20 bits per heavy atom. The standard InChI is InChI=1S/C9H12Cl2N2O2/c1-15-9-6(8(14)4-13-12)2-5(10)3-7(9)11/h2-3,8,13-14H,4,12H2,1H3. The lowest BCUT2D eigenvalue weighted by atomic mass is 10.1. The van der Waals surface area contributed by atoms with Crippen molar-refractivity contribution in [3.05, 3.63) is 27.7 Å². The number of aliphatic hydroxyl groups excluding tert-OH is 1. The molecule has 0 heterocycles. The van der Waals surface area contributed by atoms with E-state index in [1.165, 1.54) is 7.11 Å². The molecule has 0 radical (unpaired) electrons.